The topological polar surface area (TPSA) is 75.4 Å². The van der Waals surface area contributed by atoms with Crippen LogP contribution in [-0.2, 0) is 4.79 Å². The normalized spacial score (nSPS) is 22.1. The van der Waals surface area contributed by atoms with Crippen molar-refractivity contribution in [3.8, 4) is 0 Å². The lowest BCUT2D eigenvalue weighted by Crippen LogP contribution is -2.58. The number of rotatable bonds is 2. The minimum atomic E-state index is -0.602. The van der Waals surface area contributed by atoms with Crippen molar-refractivity contribution in [3.05, 3.63) is 18.6 Å². The number of carbonyl (C=O) groups excluding carboxylic acids is 1. The smallest absolute Gasteiger partial charge is 0.242 e. The molecule has 1 saturated carbocycles. The molecule has 1 aliphatic carbocycles. The van der Waals surface area contributed by atoms with Gasteiger partial charge in [0.05, 0.1) is 11.7 Å². The lowest BCUT2D eigenvalue weighted by molar-refractivity contribution is -0.137. The Morgan fingerprint density at radius 1 is 1.15 bits per heavy atom. The van der Waals surface area contributed by atoms with Gasteiger partial charge in [-0.05, 0) is 12.8 Å². The molecule has 1 aromatic rings. The van der Waals surface area contributed by atoms with Crippen LogP contribution in [0.15, 0.2) is 18.6 Å². The standard InChI is InChI=1S/C14H21N5O/c15-14(3-1-2-4-14)13(20)19-9-7-18(8-10-19)12-11-16-5-6-17-12/h5-6,11H,1-4,7-10,15H2. The third-order valence-corrected chi connectivity index (χ3v) is 4.36. The lowest BCUT2D eigenvalue weighted by Gasteiger charge is -2.38. The van der Waals surface area contributed by atoms with Crippen LogP contribution < -0.4 is 10.6 Å². The zero-order valence-corrected chi connectivity index (χ0v) is 11.7. The van der Waals surface area contributed by atoms with Gasteiger partial charge in [-0.25, -0.2) is 4.98 Å². The third kappa shape index (κ3) is 2.47. The van der Waals surface area contributed by atoms with Crippen LogP contribution >= 0.6 is 0 Å². The fraction of sp³-hybridized carbons (Fsp3) is 0.643. The number of hydrogen-bond acceptors (Lipinski definition) is 5. The Morgan fingerprint density at radius 2 is 1.85 bits per heavy atom. The number of aromatic nitrogens is 2. The molecule has 0 radical (unpaired) electrons. The molecule has 0 aromatic carbocycles. The molecule has 3 rings (SSSR count). The number of amides is 1. The Labute approximate surface area is 119 Å². The van der Waals surface area contributed by atoms with Crippen molar-refractivity contribution < 1.29 is 4.79 Å². The fourth-order valence-corrected chi connectivity index (χ4v) is 3.13. The molecule has 2 aliphatic rings. The predicted molar refractivity (Wildman–Crippen MR) is 76.2 cm³/mol. The van der Waals surface area contributed by atoms with E-state index >= 15 is 0 Å². The molecule has 2 N–H and O–H groups in total. The molecule has 0 spiro atoms. The zero-order valence-electron chi connectivity index (χ0n) is 11.7. The van der Waals surface area contributed by atoms with E-state index in [0.29, 0.717) is 13.1 Å². The molecule has 0 unspecified atom stereocenters. The second kappa shape index (κ2) is 5.36. The van der Waals surface area contributed by atoms with Crippen molar-refractivity contribution in [2.45, 2.75) is 31.2 Å². The zero-order chi connectivity index (χ0) is 14.0. The number of nitrogens with zero attached hydrogens (tertiary/aromatic N) is 4. The van der Waals surface area contributed by atoms with Crippen LogP contribution in [0.25, 0.3) is 0 Å². The molecular formula is C14H21N5O. The average molecular weight is 275 g/mol. The van der Waals surface area contributed by atoms with Crippen LogP contribution in [-0.4, -0.2) is 52.5 Å². The summed E-state index contributed by atoms with van der Waals surface area (Å²) >= 11 is 0. The van der Waals surface area contributed by atoms with E-state index in [1.165, 1.54) is 0 Å². The Bertz CT molecular complexity index is 464. The molecule has 6 nitrogen and oxygen atoms in total. The molecular weight excluding hydrogens is 254 g/mol. The molecule has 2 heterocycles. The van der Waals surface area contributed by atoms with E-state index in [9.17, 15) is 4.79 Å². The highest BCUT2D eigenvalue weighted by molar-refractivity contribution is 5.86. The van der Waals surface area contributed by atoms with Crippen LogP contribution in [0.1, 0.15) is 25.7 Å². The molecule has 20 heavy (non-hydrogen) atoms. The molecule has 6 heteroatoms. The summed E-state index contributed by atoms with van der Waals surface area (Å²) < 4.78 is 0. The third-order valence-electron chi connectivity index (χ3n) is 4.36. The summed E-state index contributed by atoms with van der Waals surface area (Å²) in [5.41, 5.74) is 5.65. The first kappa shape index (κ1) is 13.3. The van der Waals surface area contributed by atoms with Gasteiger partial charge in [-0.2, -0.15) is 0 Å². The van der Waals surface area contributed by atoms with Crippen LogP contribution in [0, 0.1) is 0 Å². The highest BCUT2D eigenvalue weighted by atomic mass is 16.2. The Hall–Kier alpha value is -1.69. The van der Waals surface area contributed by atoms with E-state index < -0.39 is 5.54 Å². The van der Waals surface area contributed by atoms with E-state index in [1.807, 2.05) is 4.90 Å². The molecule has 1 saturated heterocycles. The highest BCUT2D eigenvalue weighted by Gasteiger charge is 2.40. The van der Waals surface area contributed by atoms with E-state index in [4.69, 9.17) is 5.73 Å². The molecule has 2 fully saturated rings. The minimum Gasteiger partial charge on any atom is -0.352 e. The highest BCUT2D eigenvalue weighted by Crippen LogP contribution is 2.29. The quantitative estimate of drug-likeness (QED) is 0.845. The molecule has 1 aliphatic heterocycles. The second-order valence-corrected chi connectivity index (χ2v) is 5.71. The van der Waals surface area contributed by atoms with Gasteiger partial charge < -0.3 is 15.5 Å². The first-order chi connectivity index (χ1) is 9.69. The summed E-state index contributed by atoms with van der Waals surface area (Å²) in [6.07, 6.45) is 8.93. The molecule has 0 bridgehead atoms. The largest absolute Gasteiger partial charge is 0.352 e. The monoisotopic (exact) mass is 275 g/mol. The first-order valence-corrected chi connectivity index (χ1v) is 7.28. The lowest BCUT2D eigenvalue weighted by atomic mass is 9.97. The van der Waals surface area contributed by atoms with Crippen LogP contribution in [0.2, 0.25) is 0 Å². The van der Waals surface area contributed by atoms with Gasteiger partial charge in [0.15, 0.2) is 0 Å². The Balaban J connectivity index is 1.60. The van der Waals surface area contributed by atoms with Crippen molar-refractivity contribution in [1.82, 2.24) is 14.9 Å². The van der Waals surface area contributed by atoms with Gasteiger partial charge in [0.2, 0.25) is 5.91 Å². The van der Waals surface area contributed by atoms with Gasteiger partial charge in [0, 0.05) is 38.6 Å². The Morgan fingerprint density at radius 3 is 2.45 bits per heavy atom. The molecule has 1 aromatic heterocycles. The van der Waals surface area contributed by atoms with Gasteiger partial charge in [-0.15, -0.1) is 0 Å². The summed E-state index contributed by atoms with van der Waals surface area (Å²) in [5.74, 6) is 1.01. The summed E-state index contributed by atoms with van der Waals surface area (Å²) in [7, 11) is 0. The SMILES string of the molecule is NC1(C(=O)N2CCN(c3cnccn3)CC2)CCCC1. The molecule has 0 atom stereocenters. The van der Waals surface area contributed by atoms with Gasteiger partial charge in [0.1, 0.15) is 5.82 Å². The summed E-state index contributed by atoms with van der Waals surface area (Å²) in [4.78, 5) is 25.0. The van der Waals surface area contributed by atoms with Gasteiger partial charge in [-0.1, -0.05) is 12.8 Å². The predicted octanol–water partition coefficient (Wildman–Crippen LogP) is 0.397. The number of anilines is 1. The first-order valence-electron chi connectivity index (χ1n) is 7.28. The average Bonchev–Trinajstić information content (AvgIpc) is 2.96. The van der Waals surface area contributed by atoms with Crippen molar-refractivity contribution in [2.75, 3.05) is 31.1 Å². The van der Waals surface area contributed by atoms with E-state index in [1.54, 1.807) is 18.6 Å². The van der Waals surface area contributed by atoms with E-state index in [-0.39, 0.29) is 5.91 Å². The summed E-state index contributed by atoms with van der Waals surface area (Å²) in [6, 6.07) is 0. The van der Waals surface area contributed by atoms with Crippen molar-refractivity contribution >= 4 is 11.7 Å². The second-order valence-electron chi connectivity index (χ2n) is 5.71. The minimum absolute atomic E-state index is 0.133. The van der Waals surface area contributed by atoms with E-state index in [2.05, 4.69) is 14.9 Å². The van der Waals surface area contributed by atoms with Crippen molar-refractivity contribution in [1.29, 1.82) is 0 Å². The molecule has 108 valence electrons. The number of piperazine rings is 1. The van der Waals surface area contributed by atoms with Crippen molar-refractivity contribution in [3.63, 3.8) is 0 Å². The summed E-state index contributed by atoms with van der Waals surface area (Å²) in [5, 5.41) is 0. The van der Waals surface area contributed by atoms with Crippen molar-refractivity contribution in [2.24, 2.45) is 5.73 Å². The van der Waals surface area contributed by atoms with Crippen LogP contribution in [0.3, 0.4) is 0 Å². The van der Waals surface area contributed by atoms with Crippen LogP contribution in [0.4, 0.5) is 5.82 Å². The number of nitrogens with two attached hydrogens (primary N) is 1. The maximum Gasteiger partial charge on any atom is 0.242 e. The maximum atomic E-state index is 12.5. The van der Waals surface area contributed by atoms with Crippen LogP contribution in [0.5, 0.6) is 0 Å². The van der Waals surface area contributed by atoms with Gasteiger partial charge in [0.25, 0.3) is 0 Å². The summed E-state index contributed by atoms with van der Waals surface area (Å²) in [6.45, 7) is 3.02. The Kier molecular flexibility index (Phi) is 3.56. The van der Waals surface area contributed by atoms with Gasteiger partial charge >= 0.3 is 0 Å². The maximum absolute atomic E-state index is 12.5. The number of carbonyl (C=O) groups is 1. The van der Waals surface area contributed by atoms with Gasteiger partial charge in [-0.3, -0.25) is 9.78 Å². The fourth-order valence-electron chi connectivity index (χ4n) is 3.13. The molecule has 1 amide bonds. The van der Waals surface area contributed by atoms with E-state index in [0.717, 1.165) is 44.6 Å². The number of hydrogen-bond donors (Lipinski definition) is 1.